The van der Waals surface area contributed by atoms with Gasteiger partial charge in [0.1, 0.15) is 0 Å². The van der Waals surface area contributed by atoms with Crippen LogP contribution in [-0.2, 0) is 0 Å². The second-order valence-corrected chi connectivity index (χ2v) is 2.46. The van der Waals surface area contributed by atoms with E-state index < -0.39 is 13.3 Å². The second kappa shape index (κ2) is 3.13. The third-order valence-electron chi connectivity index (χ3n) is 1.37. The van der Waals surface area contributed by atoms with Crippen molar-refractivity contribution in [2.24, 2.45) is 5.92 Å². The molecule has 1 atom stereocenters. The van der Waals surface area contributed by atoms with Gasteiger partial charge < -0.3 is 12.9 Å². The van der Waals surface area contributed by atoms with Gasteiger partial charge in [0.2, 0.25) is 0 Å². The number of hydrogen-bond acceptors (Lipinski definition) is 0. The second-order valence-electron chi connectivity index (χ2n) is 2.46. The molecule has 0 aromatic rings. The molecule has 0 aromatic carbocycles. The van der Waals surface area contributed by atoms with Crippen LogP contribution in [0.25, 0.3) is 0 Å². The van der Waals surface area contributed by atoms with Crippen molar-refractivity contribution in [2.45, 2.75) is 26.6 Å². The maximum atomic E-state index is 11.6. The van der Waals surface area contributed by atoms with Crippen LogP contribution >= 0.6 is 0 Å². The summed E-state index contributed by atoms with van der Waals surface area (Å²) >= 11 is 0. The topological polar surface area (TPSA) is 0 Å². The largest absolute Gasteiger partial charge is 0.478 e. The molecule has 1 unspecified atom stereocenters. The Morgan fingerprint density at radius 2 is 1.78 bits per heavy atom. The lowest BCUT2D eigenvalue weighted by atomic mass is 9.78. The SMILES string of the molecule is CCC(C)C[B-](F)(F)F. The van der Waals surface area contributed by atoms with E-state index >= 15 is 0 Å². The van der Waals surface area contributed by atoms with Crippen LogP contribution in [0, 0.1) is 5.92 Å². The molecular weight excluding hydrogens is 128 g/mol. The Labute approximate surface area is 53.5 Å². The highest BCUT2D eigenvalue weighted by Gasteiger charge is 2.24. The summed E-state index contributed by atoms with van der Waals surface area (Å²) < 4.78 is 34.7. The average molecular weight is 139 g/mol. The number of halogens is 3. The minimum Gasteiger partial charge on any atom is -0.449 e. The summed E-state index contributed by atoms with van der Waals surface area (Å²) in [6.45, 7) is -1.16. The molecule has 0 fully saturated rings. The maximum absolute atomic E-state index is 11.6. The molecule has 0 amide bonds. The van der Waals surface area contributed by atoms with Gasteiger partial charge in [0, 0.05) is 0 Å². The zero-order valence-corrected chi connectivity index (χ0v) is 5.70. The van der Waals surface area contributed by atoms with Crippen LogP contribution in [0.1, 0.15) is 20.3 Å². The molecule has 0 rings (SSSR count). The van der Waals surface area contributed by atoms with Crippen LogP contribution in [0.3, 0.4) is 0 Å². The Bertz CT molecular complexity index is 78.8. The predicted octanol–water partition coefficient (Wildman–Crippen LogP) is 2.88. The normalized spacial score (nSPS) is 15.7. The van der Waals surface area contributed by atoms with Gasteiger partial charge in [-0.15, -0.1) is 0 Å². The van der Waals surface area contributed by atoms with Gasteiger partial charge in [-0.3, -0.25) is 0 Å². The first-order valence-corrected chi connectivity index (χ1v) is 3.16. The Balaban J connectivity index is 3.47. The molecule has 0 bridgehead atoms. The summed E-state index contributed by atoms with van der Waals surface area (Å²) in [4.78, 5) is 0. The molecule has 0 aromatic heterocycles. The molecule has 0 aliphatic heterocycles. The first-order valence-electron chi connectivity index (χ1n) is 3.16. The van der Waals surface area contributed by atoms with Gasteiger partial charge in [-0.25, -0.2) is 0 Å². The Morgan fingerprint density at radius 1 is 1.33 bits per heavy atom. The van der Waals surface area contributed by atoms with E-state index in [9.17, 15) is 12.9 Å². The summed E-state index contributed by atoms with van der Waals surface area (Å²) in [7, 11) is 0. The molecule has 0 nitrogen and oxygen atoms in total. The minimum atomic E-state index is -4.55. The highest BCUT2D eigenvalue weighted by atomic mass is 19.4. The van der Waals surface area contributed by atoms with Crippen molar-refractivity contribution < 1.29 is 12.9 Å². The Kier molecular flexibility index (Phi) is 3.08. The Morgan fingerprint density at radius 3 is 1.89 bits per heavy atom. The highest BCUT2D eigenvalue weighted by Crippen LogP contribution is 2.22. The van der Waals surface area contributed by atoms with E-state index in [-0.39, 0.29) is 5.92 Å². The van der Waals surface area contributed by atoms with E-state index in [1.807, 2.05) is 0 Å². The Hall–Kier alpha value is -0.145. The lowest BCUT2D eigenvalue weighted by Crippen LogP contribution is -2.17. The molecule has 56 valence electrons. The molecule has 0 spiro atoms. The van der Waals surface area contributed by atoms with Crippen LogP contribution in [0.15, 0.2) is 0 Å². The molecule has 0 N–H and O–H groups in total. The minimum absolute atomic E-state index is 0.204. The van der Waals surface area contributed by atoms with Crippen LogP contribution in [0.4, 0.5) is 12.9 Å². The van der Waals surface area contributed by atoms with Gasteiger partial charge in [0.15, 0.2) is 0 Å². The van der Waals surface area contributed by atoms with Crippen molar-refractivity contribution in [3.05, 3.63) is 0 Å². The van der Waals surface area contributed by atoms with E-state index in [1.165, 1.54) is 0 Å². The fourth-order valence-corrected chi connectivity index (χ4v) is 0.623. The van der Waals surface area contributed by atoms with E-state index in [2.05, 4.69) is 0 Å². The monoisotopic (exact) mass is 139 g/mol. The average Bonchev–Trinajstić information content (AvgIpc) is 1.62. The summed E-state index contributed by atoms with van der Waals surface area (Å²) in [5.74, 6) is -0.204. The molecule has 9 heavy (non-hydrogen) atoms. The smallest absolute Gasteiger partial charge is 0.449 e. The fraction of sp³-hybridized carbons (Fsp3) is 1.00. The van der Waals surface area contributed by atoms with Gasteiger partial charge in [-0.1, -0.05) is 32.5 Å². The molecular formula is C5H11BF3-. The van der Waals surface area contributed by atoms with Crippen molar-refractivity contribution in [1.29, 1.82) is 0 Å². The van der Waals surface area contributed by atoms with E-state index in [4.69, 9.17) is 0 Å². The van der Waals surface area contributed by atoms with Crippen molar-refractivity contribution in [2.75, 3.05) is 0 Å². The van der Waals surface area contributed by atoms with E-state index in [0.717, 1.165) is 0 Å². The van der Waals surface area contributed by atoms with Crippen molar-refractivity contribution in [3.8, 4) is 0 Å². The summed E-state index contributed by atoms with van der Waals surface area (Å²) in [5.41, 5.74) is 0. The molecule has 0 saturated heterocycles. The van der Waals surface area contributed by atoms with Gasteiger partial charge in [0.05, 0.1) is 0 Å². The van der Waals surface area contributed by atoms with Crippen LogP contribution < -0.4 is 0 Å². The van der Waals surface area contributed by atoms with Crippen molar-refractivity contribution in [3.63, 3.8) is 0 Å². The molecule has 0 saturated carbocycles. The number of hydrogen-bond donors (Lipinski definition) is 0. The van der Waals surface area contributed by atoms with Crippen molar-refractivity contribution >= 4 is 6.98 Å². The van der Waals surface area contributed by atoms with Crippen LogP contribution in [-0.4, -0.2) is 6.98 Å². The molecule has 0 heterocycles. The van der Waals surface area contributed by atoms with Gasteiger partial charge >= 0.3 is 6.98 Å². The predicted molar refractivity (Wildman–Crippen MR) is 33.3 cm³/mol. The zero-order chi connectivity index (χ0) is 7.49. The van der Waals surface area contributed by atoms with Crippen LogP contribution in [0.2, 0.25) is 6.32 Å². The maximum Gasteiger partial charge on any atom is 0.478 e. The third kappa shape index (κ3) is 5.73. The summed E-state index contributed by atoms with van der Waals surface area (Å²) in [5, 5.41) is 0. The summed E-state index contributed by atoms with van der Waals surface area (Å²) in [6.07, 6.45) is 0.0256. The van der Waals surface area contributed by atoms with E-state index in [0.29, 0.717) is 6.42 Å². The molecule has 0 aliphatic carbocycles. The van der Waals surface area contributed by atoms with Gasteiger partial charge in [-0.2, -0.15) is 0 Å². The third-order valence-corrected chi connectivity index (χ3v) is 1.37. The van der Waals surface area contributed by atoms with Crippen molar-refractivity contribution in [1.82, 2.24) is 0 Å². The van der Waals surface area contributed by atoms with Gasteiger partial charge in [-0.05, 0) is 0 Å². The first-order chi connectivity index (χ1) is 3.95. The quantitative estimate of drug-likeness (QED) is 0.527. The van der Waals surface area contributed by atoms with Gasteiger partial charge in [0.25, 0.3) is 0 Å². The number of rotatable bonds is 3. The standard InChI is InChI=1S/C5H11BF3/c1-3-5(2)4-6(7,8)9/h5H,3-4H2,1-2H3/q-1. The molecule has 0 aliphatic rings. The highest BCUT2D eigenvalue weighted by molar-refractivity contribution is 6.58. The fourth-order valence-electron chi connectivity index (χ4n) is 0.623. The molecule has 4 heteroatoms. The van der Waals surface area contributed by atoms with E-state index in [1.54, 1.807) is 13.8 Å². The lowest BCUT2D eigenvalue weighted by molar-refractivity contribution is 0.435. The first kappa shape index (κ1) is 8.85. The zero-order valence-electron chi connectivity index (χ0n) is 5.70. The summed E-state index contributed by atoms with van der Waals surface area (Å²) in [6, 6.07) is 0. The molecule has 0 radical (unpaired) electrons. The lowest BCUT2D eigenvalue weighted by Gasteiger charge is -2.17. The van der Waals surface area contributed by atoms with Crippen LogP contribution in [0.5, 0.6) is 0 Å².